The summed E-state index contributed by atoms with van der Waals surface area (Å²) in [6.45, 7) is 0. The quantitative estimate of drug-likeness (QED) is 0.749. The van der Waals surface area contributed by atoms with Crippen LogP contribution in [0.3, 0.4) is 0 Å². The van der Waals surface area contributed by atoms with Crippen LogP contribution in [0.5, 0.6) is 0 Å². The molecule has 6 heteroatoms. The van der Waals surface area contributed by atoms with Gasteiger partial charge in [0.15, 0.2) is 0 Å². The van der Waals surface area contributed by atoms with Gasteiger partial charge in [-0.2, -0.15) is 0 Å². The van der Waals surface area contributed by atoms with Gasteiger partial charge in [0.2, 0.25) is 0 Å². The number of rotatable bonds is 2. The molecule has 4 atom stereocenters. The van der Waals surface area contributed by atoms with Crippen LogP contribution >= 0.6 is 0 Å². The minimum atomic E-state index is -0.298. The third kappa shape index (κ3) is 6.32. The number of methoxy groups -OCH3 is 2. The number of aliphatic hydroxyl groups is 2. The van der Waals surface area contributed by atoms with Gasteiger partial charge in [-0.25, -0.2) is 0 Å². The van der Waals surface area contributed by atoms with E-state index in [4.69, 9.17) is 0 Å². The van der Waals surface area contributed by atoms with Crippen molar-refractivity contribution in [2.24, 2.45) is 11.8 Å². The number of carbonyl (C=O) groups excluding carboxylic acids is 2. The smallest absolute Gasteiger partial charge is 0.308 e. The van der Waals surface area contributed by atoms with Gasteiger partial charge < -0.3 is 19.7 Å². The van der Waals surface area contributed by atoms with Crippen molar-refractivity contribution in [3.05, 3.63) is 0 Å². The Kier molecular flexibility index (Phi) is 8.42. The maximum absolute atomic E-state index is 11.0. The largest absolute Gasteiger partial charge is 0.469 e. The van der Waals surface area contributed by atoms with E-state index in [1.54, 1.807) is 0 Å². The highest BCUT2D eigenvalue weighted by atomic mass is 16.5. The Balaban J connectivity index is 0.000000220. The summed E-state index contributed by atoms with van der Waals surface area (Å²) < 4.78 is 9.18. The molecule has 2 saturated carbocycles. The Bertz CT molecular complexity index is 323. The van der Waals surface area contributed by atoms with E-state index in [2.05, 4.69) is 9.47 Å². The molecule has 0 saturated heterocycles. The molecule has 2 fully saturated rings. The van der Waals surface area contributed by atoms with E-state index < -0.39 is 0 Å². The van der Waals surface area contributed by atoms with Gasteiger partial charge in [0.25, 0.3) is 0 Å². The highest BCUT2D eigenvalue weighted by Gasteiger charge is 2.27. The average molecular weight is 316 g/mol. The van der Waals surface area contributed by atoms with E-state index in [9.17, 15) is 19.8 Å². The Labute approximate surface area is 131 Å². The van der Waals surface area contributed by atoms with Crippen LogP contribution in [0.4, 0.5) is 0 Å². The van der Waals surface area contributed by atoms with Crippen molar-refractivity contribution < 1.29 is 29.3 Å². The molecule has 0 aliphatic heterocycles. The van der Waals surface area contributed by atoms with Gasteiger partial charge in [0, 0.05) is 0 Å². The van der Waals surface area contributed by atoms with Crippen LogP contribution in [0, 0.1) is 11.8 Å². The lowest BCUT2D eigenvalue weighted by Gasteiger charge is -2.23. The van der Waals surface area contributed by atoms with Crippen LogP contribution in [0.15, 0.2) is 0 Å². The van der Waals surface area contributed by atoms with Crippen LogP contribution in [0.2, 0.25) is 0 Å². The van der Waals surface area contributed by atoms with Crippen LogP contribution in [-0.4, -0.2) is 48.6 Å². The summed E-state index contributed by atoms with van der Waals surface area (Å²) in [5.74, 6) is -0.486. The van der Waals surface area contributed by atoms with Crippen molar-refractivity contribution in [2.75, 3.05) is 14.2 Å². The molecular formula is C16H28O6. The fourth-order valence-electron chi connectivity index (χ4n) is 3.09. The highest BCUT2D eigenvalue weighted by molar-refractivity contribution is 5.72. The molecule has 2 N–H and O–H groups in total. The van der Waals surface area contributed by atoms with Gasteiger partial charge in [0.05, 0.1) is 38.3 Å². The topological polar surface area (TPSA) is 93.1 Å². The van der Waals surface area contributed by atoms with E-state index in [0.29, 0.717) is 12.8 Å². The monoisotopic (exact) mass is 316 g/mol. The van der Waals surface area contributed by atoms with Gasteiger partial charge in [0.1, 0.15) is 0 Å². The fourth-order valence-corrected chi connectivity index (χ4v) is 3.09. The Morgan fingerprint density at radius 3 is 1.41 bits per heavy atom. The van der Waals surface area contributed by atoms with Crippen LogP contribution in [-0.2, 0) is 19.1 Å². The third-order valence-corrected chi connectivity index (χ3v) is 4.36. The van der Waals surface area contributed by atoms with Crippen molar-refractivity contribution >= 4 is 11.9 Å². The zero-order valence-corrected chi connectivity index (χ0v) is 13.5. The second kappa shape index (κ2) is 9.79. The van der Waals surface area contributed by atoms with E-state index in [0.717, 1.165) is 38.5 Å². The first kappa shape index (κ1) is 18.9. The Morgan fingerprint density at radius 2 is 1.14 bits per heavy atom. The van der Waals surface area contributed by atoms with Crippen molar-refractivity contribution in [3.63, 3.8) is 0 Å². The number of aliphatic hydroxyl groups excluding tert-OH is 2. The summed E-state index contributed by atoms with van der Waals surface area (Å²) >= 11 is 0. The van der Waals surface area contributed by atoms with Gasteiger partial charge >= 0.3 is 11.9 Å². The Morgan fingerprint density at radius 1 is 0.773 bits per heavy atom. The standard InChI is InChI=1S/2C8H14O3/c2*1-11-8(10)6-3-2-4-7(9)5-6/h2*6-7,9H,2-5H2,1H3. The summed E-state index contributed by atoms with van der Waals surface area (Å²) in [5, 5.41) is 18.4. The second-order valence-corrected chi connectivity index (χ2v) is 6.08. The normalized spacial score (nSPS) is 31.5. The van der Waals surface area contributed by atoms with Gasteiger partial charge in [-0.1, -0.05) is 12.8 Å². The van der Waals surface area contributed by atoms with Gasteiger partial charge in [-0.3, -0.25) is 9.59 Å². The molecule has 0 heterocycles. The highest BCUT2D eigenvalue weighted by Crippen LogP contribution is 2.25. The summed E-state index contributed by atoms with van der Waals surface area (Å²) in [6.07, 6.45) is 5.80. The summed E-state index contributed by atoms with van der Waals surface area (Å²) in [6, 6.07) is 0. The van der Waals surface area contributed by atoms with Gasteiger partial charge in [-0.05, 0) is 38.5 Å². The predicted molar refractivity (Wildman–Crippen MR) is 80.0 cm³/mol. The lowest BCUT2D eigenvalue weighted by Crippen LogP contribution is -2.26. The second-order valence-electron chi connectivity index (χ2n) is 6.08. The zero-order valence-electron chi connectivity index (χ0n) is 13.5. The van der Waals surface area contributed by atoms with E-state index in [1.807, 2.05) is 0 Å². The third-order valence-electron chi connectivity index (χ3n) is 4.36. The molecule has 2 rings (SSSR count). The van der Waals surface area contributed by atoms with E-state index in [-0.39, 0.29) is 36.0 Å². The van der Waals surface area contributed by atoms with E-state index >= 15 is 0 Å². The maximum atomic E-state index is 11.0. The van der Waals surface area contributed by atoms with Crippen molar-refractivity contribution in [1.82, 2.24) is 0 Å². The minimum Gasteiger partial charge on any atom is -0.469 e. The minimum absolute atomic E-state index is 0.0660. The lowest BCUT2D eigenvalue weighted by atomic mass is 9.87. The molecule has 0 spiro atoms. The molecule has 0 amide bonds. The molecule has 0 radical (unpaired) electrons. The number of ether oxygens (including phenoxy) is 2. The van der Waals surface area contributed by atoms with Crippen molar-refractivity contribution in [1.29, 1.82) is 0 Å². The van der Waals surface area contributed by atoms with Crippen molar-refractivity contribution in [2.45, 2.75) is 63.6 Å². The Hall–Kier alpha value is -1.14. The molecule has 0 bridgehead atoms. The average Bonchev–Trinajstić information content (AvgIpc) is 2.54. The first-order valence-corrected chi connectivity index (χ1v) is 7.99. The first-order valence-electron chi connectivity index (χ1n) is 7.99. The summed E-state index contributed by atoms with van der Waals surface area (Å²) in [4.78, 5) is 22.0. The molecule has 2 aliphatic rings. The first-order chi connectivity index (χ1) is 10.5. The number of hydrogen-bond donors (Lipinski definition) is 2. The molecule has 2 aliphatic carbocycles. The van der Waals surface area contributed by atoms with Crippen molar-refractivity contribution in [3.8, 4) is 0 Å². The van der Waals surface area contributed by atoms with Gasteiger partial charge in [-0.15, -0.1) is 0 Å². The predicted octanol–water partition coefficient (Wildman–Crippen LogP) is 1.42. The molecule has 0 aromatic carbocycles. The molecular weight excluding hydrogens is 288 g/mol. The lowest BCUT2D eigenvalue weighted by molar-refractivity contribution is -0.148. The SMILES string of the molecule is COC(=O)C1CCCC(O)C1.COC(=O)C1CCCC(O)C1. The molecule has 0 aromatic rings. The summed E-state index contributed by atoms with van der Waals surface area (Å²) in [5.41, 5.74) is 0. The zero-order chi connectivity index (χ0) is 16.5. The van der Waals surface area contributed by atoms with Crippen LogP contribution in [0.25, 0.3) is 0 Å². The number of carbonyl (C=O) groups is 2. The van der Waals surface area contributed by atoms with Crippen LogP contribution < -0.4 is 0 Å². The molecule has 6 nitrogen and oxygen atoms in total. The number of hydrogen-bond acceptors (Lipinski definition) is 6. The fraction of sp³-hybridized carbons (Fsp3) is 0.875. The number of esters is 2. The van der Waals surface area contributed by atoms with Crippen LogP contribution in [0.1, 0.15) is 51.4 Å². The molecule has 22 heavy (non-hydrogen) atoms. The maximum Gasteiger partial charge on any atom is 0.308 e. The summed E-state index contributed by atoms with van der Waals surface area (Å²) in [7, 11) is 2.78. The van der Waals surface area contributed by atoms with E-state index in [1.165, 1.54) is 14.2 Å². The molecule has 4 unspecified atom stereocenters. The molecule has 0 aromatic heterocycles. The molecule has 128 valence electrons.